The van der Waals surface area contributed by atoms with E-state index in [1.54, 1.807) is 40.9 Å². The van der Waals surface area contributed by atoms with Crippen LogP contribution in [0.5, 0.6) is 0 Å². The summed E-state index contributed by atoms with van der Waals surface area (Å²) in [6, 6.07) is -1.20. The number of ether oxygens (including phenoxy) is 7. The number of carbonyl (C=O) groups is 7. The smallest absolute Gasteiger partial charge is 0.410 e. The molecule has 0 aromatic carbocycles. The number of amides is 2. The second-order valence-electron chi connectivity index (χ2n) is 23.5. The first-order valence-electron chi connectivity index (χ1n) is 29.0. The number of piperidine rings is 1. The normalized spacial score (nSPS) is 35.6. The summed E-state index contributed by atoms with van der Waals surface area (Å²) in [5, 5.41) is 26.3. The Morgan fingerprint density at radius 1 is 0.861 bits per heavy atom. The number of allylic oxidation sites excluding steroid dienone is 6. The van der Waals surface area contributed by atoms with Crippen LogP contribution in [0.1, 0.15) is 166 Å². The van der Waals surface area contributed by atoms with Gasteiger partial charge in [0.15, 0.2) is 12.0 Å². The van der Waals surface area contributed by atoms with Crippen LogP contribution in [-0.4, -0.2) is 145 Å². The second-order valence-corrected chi connectivity index (χ2v) is 23.5. The number of hydrogen-bond acceptors (Lipinski definition) is 16. The Morgan fingerprint density at radius 3 is 2.24 bits per heavy atom. The minimum Gasteiger partial charge on any atom is -0.460 e. The summed E-state index contributed by atoms with van der Waals surface area (Å²) in [7, 11) is 4.47. The summed E-state index contributed by atoms with van der Waals surface area (Å²) >= 11 is 0. The van der Waals surface area contributed by atoms with Crippen LogP contribution in [-0.2, 0) is 61.9 Å². The molecule has 2 saturated heterocycles. The molecule has 2 bridgehead atoms. The van der Waals surface area contributed by atoms with E-state index in [-0.39, 0.29) is 55.1 Å². The van der Waals surface area contributed by atoms with E-state index < -0.39 is 114 Å². The van der Waals surface area contributed by atoms with Gasteiger partial charge in [-0.3, -0.25) is 29.3 Å². The molecule has 3 N–H and O–H groups in total. The van der Waals surface area contributed by atoms with E-state index in [1.165, 1.54) is 19.1 Å². The summed E-state index contributed by atoms with van der Waals surface area (Å²) in [6.07, 6.45) is 9.57. The number of fused-ring (bicyclic) bond motifs is 3. The maximum atomic E-state index is 14.6. The molecular formula is C61H96N2O16. The van der Waals surface area contributed by atoms with E-state index in [0.29, 0.717) is 82.6 Å². The third-order valence-electron chi connectivity index (χ3n) is 16.4. The first-order valence-corrected chi connectivity index (χ1v) is 29.0. The molecule has 3 fully saturated rings. The Labute approximate surface area is 470 Å². The topological polar surface area (TPSA) is 240 Å². The zero-order valence-corrected chi connectivity index (χ0v) is 49.6. The molecule has 4 rings (SSSR count). The summed E-state index contributed by atoms with van der Waals surface area (Å²) in [5.41, 5.74) is 1.22. The predicted octanol–water partition coefficient (Wildman–Crippen LogP) is 8.63. The molecule has 18 nitrogen and oxygen atoms in total. The van der Waals surface area contributed by atoms with Crippen molar-refractivity contribution in [2.75, 3.05) is 27.9 Å². The fraction of sp³-hybridized carbons (Fsp3) is 0.754. The van der Waals surface area contributed by atoms with E-state index in [4.69, 9.17) is 33.2 Å². The van der Waals surface area contributed by atoms with Crippen molar-refractivity contribution < 1.29 is 76.9 Å². The lowest BCUT2D eigenvalue weighted by molar-refractivity contribution is -0.265. The summed E-state index contributed by atoms with van der Waals surface area (Å²) in [5.74, 6) is -8.88. The first kappa shape index (κ1) is 66.9. The van der Waals surface area contributed by atoms with Gasteiger partial charge >= 0.3 is 18.0 Å². The highest BCUT2D eigenvalue weighted by Crippen LogP contribution is 2.38. The number of aliphatic hydroxyl groups excluding tert-OH is 1. The number of cyclic esters (lactones) is 1. The molecule has 1 saturated carbocycles. The zero-order valence-electron chi connectivity index (χ0n) is 49.6. The minimum atomic E-state index is -2.47. The number of esters is 2. The van der Waals surface area contributed by atoms with Crippen molar-refractivity contribution in [2.45, 2.75) is 226 Å². The van der Waals surface area contributed by atoms with Crippen LogP contribution in [0.2, 0.25) is 0 Å². The highest BCUT2D eigenvalue weighted by atomic mass is 16.6. The number of hydrogen-bond donors (Lipinski definition) is 3. The highest BCUT2D eigenvalue weighted by molar-refractivity contribution is 6.39. The number of aliphatic hydroxyl groups is 2. The van der Waals surface area contributed by atoms with Gasteiger partial charge < -0.3 is 48.3 Å². The van der Waals surface area contributed by atoms with Crippen LogP contribution in [0.4, 0.5) is 4.79 Å². The van der Waals surface area contributed by atoms with Crippen molar-refractivity contribution in [1.82, 2.24) is 10.2 Å². The van der Waals surface area contributed by atoms with Crippen LogP contribution >= 0.6 is 0 Å². The van der Waals surface area contributed by atoms with Crippen LogP contribution in [0.25, 0.3) is 0 Å². The predicted molar refractivity (Wildman–Crippen MR) is 297 cm³/mol. The van der Waals surface area contributed by atoms with E-state index in [9.17, 15) is 43.8 Å². The molecule has 18 heteroatoms. The molecule has 2 amide bonds. The largest absolute Gasteiger partial charge is 0.460 e. The summed E-state index contributed by atoms with van der Waals surface area (Å²) < 4.78 is 41.3. The number of alkyl carbamates (subject to hydrolysis) is 1. The molecule has 0 aromatic heterocycles. The first-order chi connectivity index (χ1) is 37.4. The van der Waals surface area contributed by atoms with Crippen LogP contribution in [0, 0.1) is 41.4 Å². The lowest BCUT2D eigenvalue weighted by Gasteiger charge is -2.42. The van der Waals surface area contributed by atoms with Gasteiger partial charge in [-0.15, -0.1) is 0 Å². The molecule has 0 aromatic rings. The quantitative estimate of drug-likeness (QED) is 0.0514. The monoisotopic (exact) mass is 1110 g/mol. The van der Waals surface area contributed by atoms with Crippen molar-refractivity contribution in [3.63, 3.8) is 0 Å². The van der Waals surface area contributed by atoms with Gasteiger partial charge in [-0.1, -0.05) is 91.8 Å². The highest BCUT2D eigenvalue weighted by Gasteiger charge is 2.53. The number of nitrogens with one attached hydrogen (secondary N) is 1. The average Bonchev–Trinajstić information content (AvgIpc) is 3.44. The van der Waals surface area contributed by atoms with Gasteiger partial charge in [0.1, 0.15) is 36.2 Å². The number of rotatable bonds is 13. The Balaban J connectivity index is 1.65. The second kappa shape index (κ2) is 32.2. The standard InChI is InChI=1S/C61H96N2O16/c1-14-20-53(65)78-52(29-36(2)3)62-60(71)77-48-27-25-44(33-51(48)74-12)32-40(7)50-35-47(64)39(6)31-42(9)55(67)56(75-13)54(66)41(8)30-37(4)21-16-15-17-22-38(5)49(73-11)34-45-26-24-43(10)61(72,79-45)57(68)58(69)63-28-19-18-23-46(63)59(70)76-50/h15-17,21-22,31,36-37,39-41,43-46,48-52,55-56,67,72H,14,18-20,23-30,32-35H2,1-13H3,(H,62,71)/b17-15+,21-16+,38-22+,42-31+/t37?,39?,40?,41-,43-,44?,45?,46+,48-,49?,50?,51?,52?,55-,56?,61-/m1/s1. The maximum Gasteiger partial charge on any atom is 0.410 e. The number of methoxy groups -OCH3 is 3. The lowest BCUT2D eigenvalue weighted by Crippen LogP contribution is -2.61. The fourth-order valence-corrected chi connectivity index (χ4v) is 11.5. The Bertz CT molecular complexity index is 2170. The number of carbonyl (C=O) groups excluding carboxylic acids is 7. The molecule has 1 aliphatic carbocycles. The molecule has 0 spiro atoms. The summed E-state index contributed by atoms with van der Waals surface area (Å²) in [4.78, 5) is 98.4. The van der Waals surface area contributed by atoms with E-state index in [1.807, 2.05) is 71.9 Å². The number of nitrogens with zero attached hydrogens (tertiary/aromatic N) is 1. The molecule has 3 heterocycles. The van der Waals surface area contributed by atoms with E-state index in [0.717, 1.165) is 5.57 Å². The van der Waals surface area contributed by atoms with Gasteiger partial charge in [-0.2, -0.15) is 0 Å². The van der Waals surface area contributed by atoms with E-state index >= 15 is 0 Å². The zero-order chi connectivity index (χ0) is 58.7. The molecule has 16 atom stereocenters. The third-order valence-corrected chi connectivity index (χ3v) is 16.4. The minimum absolute atomic E-state index is 0.00771. The van der Waals surface area contributed by atoms with Crippen molar-refractivity contribution in [3.8, 4) is 0 Å². The van der Waals surface area contributed by atoms with Crippen LogP contribution in [0.15, 0.2) is 47.6 Å². The van der Waals surface area contributed by atoms with Crippen molar-refractivity contribution in [1.29, 1.82) is 0 Å². The van der Waals surface area contributed by atoms with Crippen molar-refractivity contribution in [2.24, 2.45) is 41.4 Å². The third kappa shape index (κ3) is 19.5. The van der Waals surface area contributed by atoms with Crippen LogP contribution < -0.4 is 5.32 Å². The van der Waals surface area contributed by atoms with Crippen molar-refractivity contribution >= 4 is 41.3 Å². The molecule has 4 aliphatic rings. The Hall–Kier alpha value is -4.59. The maximum absolute atomic E-state index is 14.6. The molecular weight excluding hydrogens is 1020 g/mol. The molecule has 446 valence electrons. The number of ketones is 3. The van der Waals surface area contributed by atoms with Gasteiger partial charge in [0, 0.05) is 71.3 Å². The van der Waals surface area contributed by atoms with Gasteiger partial charge in [-0.25, -0.2) is 9.59 Å². The number of Topliss-reactive ketones (excluding diaryl/α,β-unsaturated/α-hetero) is 3. The van der Waals surface area contributed by atoms with Crippen molar-refractivity contribution in [3.05, 3.63) is 47.6 Å². The van der Waals surface area contributed by atoms with Gasteiger partial charge in [0.2, 0.25) is 5.79 Å². The van der Waals surface area contributed by atoms with Gasteiger partial charge in [0.05, 0.1) is 18.3 Å². The fourth-order valence-electron chi connectivity index (χ4n) is 11.5. The molecule has 3 aliphatic heterocycles. The molecule has 10 unspecified atom stereocenters. The van der Waals surface area contributed by atoms with Gasteiger partial charge in [0.25, 0.3) is 11.7 Å². The average molecular weight is 1110 g/mol. The SMILES string of the molecule is CCCC(=O)OC(CC(C)C)NC(=O)O[C@@H]1CCC(CC(C)C2CC(=O)C(C)/C=C(\C)[C@@H](O)C(OC)C(=O)[C@H](C)CC(C)/C=C/C=C/C=C(\C)C(OC)CC3CC[C@@H](C)[C@@](O)(O3)C(=O)C(=O)N3CCCC[C@H]3C(=O)O2)CC1OC. The lowest BCUT2D eigenvalue weighted by atomic mass is 9.78. The Kier molecular flexibility index (Phi) is 27.2. The Morgan fingerprint density at radius 2 is 1.58 bits per heavy atom. The van der Waals surface area contributed by atoms with Crippen LogP contribution in [0.3, 0.4) is 0 Å². The summed E-state index contributed by atoms with van der Waals surface area (Å²) in [6.45, 7) is 18.4. The van der Waals surface area contributed by atoms with E-state index in [2.05, 4.69) is 5.32 Å². The van der Waals surface area contributed by atoms with Gasteiger partial charge in [-0.05, 0) is 119 Å². The molecule has 0 radical (unpaired) electrons. The molecule has 79 heavy (non-hydrogen) atoms.